The topological polar surface area (TPSA) is 77.2 Å². The van der Waals surface area contributed by atoms with E-state index in [-0.39, 0.29) is 11.8 Å². The summed E-state index contributed by atoms with van der Waals surface area (Å²) in [5, 5.41) is 8.03. The van der Waals surface area contributed by atoms with Crippen molar-refractivity contribution in [3.05, 3.63) is 53.6 Å². The minimum atomic E-state index is 0.110. The van der Waals surface area contributed by atoms with Crippen LogP contribution < -0.4 is 10.1 Å². The summed E-state index contributed by atoms with van der Waals surface area (Å²) < 4.78 is 9.79. The molecule has 0 radical (unpaired) electrons. The number of nitrogens with zero attached hydrogens (tertiary/aromatic N) is 5. The third-order valence-electron chi connectivity index (χ3n) is 6.32. The highest BCUT2D eigenvalue weighted by Crippen LogP contribution is 2.26. The Bertz CT molecular complexity index is 1160. The summed E-state index contributed by atoms with van der Waals surface area (Å²) in [7, 11) is 1.65. The summed E-state index contributed by atoms with van der Waals surface area (Å²) in [6.45, 7) is 2.30. The SMILES string of the molecule is COc1ccc(-n2c(-c3ccncc3)nn(CN3CCC(C(=O)NC4CC4)CC3)c2=S)cc1. The normalized spacial score (nSPS) is 17.1. The van der Waals surface area contributed by atoms with Crippen LogP contribution in [0.1, 0.15) is 25.7 Å². The van der Waals surface area contributed by atoms with Gasteiger partial charge in [-0.25, -0.2) is 4.68 Å². The third-order valence-corrected chi connectivity index (χ3v) is 6.72. The molecule has 2 aromatic heterocycles. The molecule has 1 saturated carbocycles. The van der Waals surface area contributed by atoms with Crippen LogP contribution >= 0.6 is 12.2 Å². The van der Waals surface area contributed by atoms with E-state index in [2.05, 4.69) is 15.2 Å². The second-order valence-corrected chi connectivity index (χ2v) is 9.06. The summed E-state index contributed by atoms with van der Waals surface area (Å²) in [5.74, 6) is 1.89. The second-order valence-electron chi connectivity index (χ2n) is 8.69. The van der Waals surface area contributed by atoms with Crippen LogP contribution in [0.2, 0.25) is 0 Å². The fourth-order valence-electron chi connectivity index (χ4n) is 4.22. The van der Waals surface area contributed by atoms with Crippen LogP contribution in [0.25, 0.3) is 17.1 Å². The number of hydrogen-bond acceptors (Lipinski definition) is 6. The maximum atomic E-state index is 12.4. The van der Waals surface area contributed by atoms with E-state index in [1.807, 2.05) is 45.6 Å². The lowest BCUT2D eigenvalue weighted by Crippen LogP contribution is -2.41. The number of carbonyl (C=O) groups is 1. The predicted octanol–water partition coefficient (Wildman–Crippen LogP) is 3.42. The van der Waals surface area contributed by atoms with Crippen molar-refractivity contribution in [1.82, 2.24) is 29.5 Å². The van der Waals surface area contributed by atoms with Gasteiger partial charge >= 0.3 is 0 Å². The Hall–Kier alpha value is -3.04. The van der Waals surface area contributed by atoms with Gasteiger partial charge < -0.3 is 10.1 Å². The molecule has 1 N–H and O–H groups in total. The van der Waals surface area contributed by atoms with Gasteiger partial charge in [-0.15, -0.1) is 5.10 Å². The lowest BCUT2D eigenvalue weighted by Gasteiger charge is -2.30. The Morgan fingerprint density at radius 3 is 2.42 bits per heavy atom. The van der Waals surface area contributed by atoms with Crippen molar-refractivity contribution in [2.24, 2.45) is 5.92 Å². The molecule has 3 aromatic rings. The van der Waals surface area contributed by atoms with Crippen molar-refractivity contribution in [1.29, 1.82) is 0 Å². The number of rotatable bonds is 7. The van der Waals surface area contributed by atoms with Crippen molar-refractivity contribution in [3.63, 3.8) is 0 Å². The van der Waals surface area contributed by atoms with E-state index in [0.717, 1.165) is 61.6 Å². The molecular formula is C24H28N6O2S. The zero-order valence-electron chi connectivity index (χ0n) is 18.7. The molecular weight excluding hydrogens is 436 g/mol. The van der Waals surface area contributed by atoms with E-state index in [0.29, 0.717) is 17.5 Å². The maximum absolute atomic E-state index is 12.4. The van der Waals surface area contributed by atoms with Gasteiger partial charge in [0.2, 0.25) is 10.7 Å². The second kappa shape index (κ2) is 9.44. The van der Waals surface area contributed by atoms with Crippen molar-refractivity contribution in [2.45, 2.75) is 38.4 Å². The maximum Gasteiger partial charge on any atom is 0.223 e. The molecule has 5 rings (SSSR count). The smallest absolute Gasteiger partial charge is 0.223 e. The average molecular weight is 465 g/mol. The molecule has 1 amide bonds. The predicted molar refractivity (Wildman–Crippen MR) is 128 cm³/mol. The Kier molecular flexibility index (Phi) is 6.24. The van der Waals surface area contributed by atoms with E-state index in [4.69, 9.17) is 22.1 Å². The number of carbonyl (C=O) groups excluding carboxylic acids is 1. The number of methoxy groups -OCH3 is 1. The lowest BCUT2D eigenvalue weighted by molar-refractivity contribution is -0.126. The van der Waals surface area contributed by atoms with E-state index in [1.165, 1.54) is 0 Å². The van der Waals surface area contributed by atoms with Gasteiger partial charge in [0.15, 0.2) is 5.82 Å². The van der Waals surface area contributed by atoms with Gasteiger partial charge in [-0.1, -0.05) is 0 Å². The first-order valence-electron chi connectivity index (χ1n) is 11.4. The van der Waals surface area contributed by atoms with Crippen molar-refractivity contribution in [3.8, 4) is 22.8 Å². The number of aromatic nitrogens is 4. The van der Waals surface area contributed by atoms with E-state index < -0.39 is 0 Å². The monoisotopic (exact) mass is 464 g/mol. The minimum Gasteiger partial charge on any atom is -0.497 e. The first-order valence-corrected chi connectivity index (χ1v) is 11.8. The third kappa shape index (κ3) is 4.84. The van der Waals surface area contributed by atoms with Gasteiger partial charge in [0.05, 0.1) is 19.5 Å². The lowest BCUT2D eigenvalue weighted by atomic mass is 9.96. The van der Waals surface area contributed by atoms with Crippen molar-refractivity contribution in [2.75, 3.05) is 20.2 Å². The number of hydrogen-bond donors (Lipinski definition) is 1. The molecule has 0 unspecified atom stereocenters. The van der Waals surface area contributed by atoms with Crippen LogP contribution in [-0.4, -0.2) is 56.4 Å². The van der Waals surface area contributed by atoms with Crippen LogP contribution in [0.4, 0.5) is 0 Å². The van der Waals surface area contributed by atoms with Crippen LogP contribution in [0, 0.1) is 10.7 Å². The van der Waals surface area contributed by atoms with Gasteiger partial charge in [-0.2, -0.15) is 0 Å². The Balaban J connectivity index is 1.37. The fraction of sp³-hybridized carbons (Fsp3) is 0.417. The van der Waals surface area contributed by atoms with Gasteiger partial charge in [-0.05, 0) is 74.3 Å². The summed E-state index contributed by atoms with van der Waals surface area (Å²) in [5.41, 5.74) is 1.87. The molecule has 172 valence electrons. The van der Waals surface area contributed by atoms with Crippen molar-refractivity contribution >= 4 is 18.1 Å². The fourth-order valence-corrected chi connectivity index (χ4v) is 4.51. The molecule has 0 spiro atoms. The number of nitrogens with one attached hydrogen (secondary N) is 1. The van der Waals surface area contributed by atoms with Crippen LogP contribution in [0.15, 0.2) is 48.8 Å². The molecule has 2 aliphatic rings. The molecule has 8 nitrogen and oxygen atoms in total. The number of piperidine rings is 1. The zero-order valence-corrected chi connectivity index (χ0v) is 19.5. The van der Waals surface area contributed by atoms with Gasteiger partial charge in [0.25, 0.3) is 0 Å². The quantitative estimate of drug-likeness (QED) is 0.540. The molecule has 1 aromatic carbocycles. The molecule has 2 fully saturated rings. The molecule has 33 heavy (non-hydrogen) atoms. The molecule has 1 aliphatic heterocycles. The van der Waals surface area contributed by atoms with Gasteiger partial charge in [0, 0.05) is 43.0 Å². The Morgan fingerprint density at radius 1 is 1.09 bits per heavy atom. The van der Waals surface area contributed by atoms with E-state index in [1.54, 1.807) is 19.5 Å². The van der Waals surface area contributed by atoms with E-state index in [9.17, 15) is 4.79 Å². The molecule has 1 aliphatic carbocycles. The Labute approximate surface area is 198 Å². The van der Waals surface area contributed by atoms with Gasteiger partial charge in [-0.3, -0.25) is 19.2 Å². The molecule has 3 heterocycles. The molecule has 9 heteroatoms. The average Bonchev–Trinajstić information content (AvgIpc) is 3.62. The minimum absolute atomic E-state index is 0.110. The Morgan fingerprint density at radius 2 is 1.79 bits per heavy atom. The first-order chi connectivity index (χ1) is 16.1. The first kappa shape index (κ1) is 21.8. The molecule has 1 saturated heterocycles. The summed E-state index contributed by atoms with van der Waals surface area (Å²) >= 11 is 5.87. The van der Waals surface area contributed by atoms with Crippen LogP contribution in [-0.2, 0) is 11.5 Å². The highest BCUT2D eigenvalue weighted by Gasteiger charge is 2.30. The largest absolute Gasteiger partial charge is 0.497 e. The van der Waals surface area contributed by atoms with Crippen LogP contribution in [0.3, 0.4) is 0 Å². The van der Waals surface area contributed by atoms with Crippen molar-refractivity contribution < 1.29 is 9.53 Å². The highest BCUT2D eigenvalue weighted by atomic mass is 32.1. The number of amides is 1. The summed E-state index contributed by atoms with van der Waals surface area (Å²) in [4.78, 5) is 18.8. The molecule has 0 atom stereocenters. The number of benzene rings is 1. The molecule has 0 bridgehead atoms. The van der Waals surface area contributed by atoms with Gasteiger partial charge in [0.1, 0.15) is 5.75 Å². The number of likely N-dealkylation sites (tertiary alicyclic amines) is 1. The van der Waals surface area contributed by atoms with E-state index >= 15 is 0 Å². The zero-order chi connectivity index (χ0) is 22.8. The van der Waals surface area contributed by atoms with Crippen LogP contribution in [0.5, 0.6) is 5.75 Å². The standard InChI is InChI=1S/C24H28N6O2S/c1-32-21-6-4-20(5-7-21)30-22(17-8-12-25-13-9-17)27-29(24(30)33)16-28-14-10-18(11-15-28)23(31)26-19-2-3-19/h4-9,12-13,18-19H,2-3,10-11,14-16H2,1H3,(H,26,31). The number of ether oxygens (including phenoxy) is 1. The summed E-state index contributed by atoms with van der Waals surface area (Å²) in [6, 6.07) is 12.1. The number of pyridine rings is 1. The summed E-state index contributed by atoms with van der Waals surface area (Å²) in [6.07, 6.45) is 7.49. The highest BCUT2D eigenvalue weighted by molar-refractivity contribution is 7.71.